The van der Waals surface area contributed by atoms with E-state index in [1.807, 2.05) is 12.1 Å². The van der Waals surface area contributed by atoms with E-state index < -0.39 is 0 Å². The van der Waals surface area contributed by atoms with E-state index in [2.05, 4.69) is 12.1 Å². The first kappa shape index (κ1) is 14.4. The Bertz CT molecular complexity index is 386. The minimum Gasteiger partial charge on any atom is -0.497 e. The Morgan fingerprint density at radius 2 is 2.05 bits per heavy atom. The highest BCUT2D eigenvalue weighted by Gasteiger charge is 2.27. The number of aliphatic hydroxyl groups is 1. The second kappa shape index (κ2) is 6.92. The topological polar surface area (TPSA) is 55.5 Å². The van der Waals surface area contributed by atoms with Gasteiger partial charge in [0.15, 0.2) is 0 Å². The number of methoxy groups -OCH3 is 1. The molecule has 1 fully saturated rings. The number of hydrogen-bond donors (Lipinski definition) is 2. The van der Waals surface area contributed by atoms with Crippen molar-refractivity contribution in [2.24, 2.45) is 17.6 Å². The molecule has 0 radical (unpaired) electrons. The molecular weight excluding hydrogens is 238 g/mol. The fraction of sp³-hybridized carbons (Fsp3) is 0.625. The van der Waals surface area contributed by atoms with Crippen LogP contribution >= 0.6 is 0 Å². The van der Waals surface area contributed by atoms with Crippen molar-refractivity contribution in [3.05, 3.63) is 29.8 Å². The van der Waals surface area contributed by atoms with Gasteiger partial charge in [-0.15, -0.1) is 0 Å². The highest BCUT2D eigenvalue weighted by atomic mass is 16.5. The maximum Gasteiger partial charge on any atom is 0.119 e. The lowest BCUT2D eigenvalue weighted by Gasteiger charge is -2.33. The van der Waals surface area contributed by atoms with Crippen LogP contribution in [0, 0.1) is 11.8 Å². The molecule has 1 unspecified atom stereocenters. The first-order chi connectivity index (χ1) is 9.28. The van der Waals surface area contributed by atoms with Gasteiger partial charge < -0.3 is 15.6 Å². The lowest BCUT2D eigenvalue weighted by atomic mass is 9.73. The lowest BCUT2D eigenvalue weighted by Crippen LogP contribution is -2.26. The van der Waals surface area contributed by atoms with Crippen LogP contribution in [0.3, 0.4) is 0 Å². The van der Waals surface area contributed by atoms with Gasteiger partial charge in [-0.1, -0.05) is 12.1 Å². The predicted molar refractivity (Wildman–Crippen MR) is 77.3 cm³/mol. The number of aliphatic hydroxyl groups excluding tert-OH is 1. The first-order valence-electron chi connectivity index (χ1n) is 7.23. The van der Waals surface area contributed by atoms with E-state index in [4.69, 9.17) is 10.5 Å². The van der Waals surface area contributed by atoms with E-state index in [9.17, 15) is 5.11 Å². The number of rotatable bonds is 5. The highest BCUT2D eigenvalue weighted by molar-refractivity contribution is 5.31. The first-order valence-corrected chi connectivity index (χ1v) is 7.23. The molecule has 0 bridgehead atoms. The third kappa shape index (κ3) is 3.48. The van der Waals surface area contributed by atoms with Gasteiger partial charge in [-0.3, -0.25) is 0 Å². The van der Waals surface area contributed by atoms with E-state index in [1.165, 1.54) is 18.4 Å². The molecule has 1 aromatic rings. The molecule has 19 heavy (non-hydrogen) atoms. The van der Waals surface area contributed by atoms with Gasteiger partial charge in [0.25, 0.3) is 0 Å². The number of ether oxygens (including phenoxy) is 1. The summed E-state index contributed by atoms with van der Waals surface area (Å²) in [6.07, 6.45) is 4.60. The van der Waals surface area contributed by atoms with Gasteiger partial charge in [0.2, 0.25) is 0 Å². The second-order valence-electron chi connectivity index (χ2n) is 5.58. The maximum atomic E-state index is 9.22. The molecule has 1 saturated carbocycles. The van der Waals surface area contributed by atoms with Crippen molar-refractivity contribution < 1.29 is 9.84 Å². The van der Waals surface area contributed by atoms with Gasteiger partial charge in [0, 0.05) is 6.61 Å². The van der Waals surface area contributed by atoms with Gasteiger partial charge in [-0.05, 0) is 67.7 Å². The minimum absolute atomic E-state index is 0.333. The highest BCUT2D eigenvalue weighted by Crippen LogP contribution is 2.38. The summed E-state index contributed by atoms with van der Waals surface area (Å²) in [5.74, 6) is 2.45. The third-order valence-corrected chi connectivity index (χ3v) is 4.49. The summed E-state index contributed by atoms with van der Waals surface area (Å²) < 4.78 is 5.30. The van der Waals surface area contributed by atoms with Crippen LogP contribution in [0.25, 0.3) is 0 Å². The molecule has 0 saturated heterocycles. The zero-order valence-electron chi connectivity index (χ0n) is 11.7. The van der Waals surface area contributed by atoms with Gasteiger partial charge in [-0.2, -0.15) is 0 Å². The number of nitrogens with two attached hydrogens (primary N) is 1. The molecule has 3 N–H and O–H groups in total. The number of hydrogen-bond acceptors (Lipinski definition) is 3. The van der Waals surface area contributed by atoms with E-state index in [-0.39, 0.29) is 0 Å². The Morgan fingerprint density at radius 3 is 2.63 bits per heavy atom. The van der Waals surface area contributed by atoms with E-state index in [0.717, 1.165) is 18.6 Å². The predicted octanol–water partition coefficient (Wildman–Crippen LogP) is 2.54. The standard InChI is InChI=1S/C16H25NO2/c1-19-15-4-2-3-14(9-15)16(10-17)13-7-5-12(11-18)6-8-13/h2-4,9,12-13,16,18H,5-8,10-11,17H2,1H3. The Hall–Kier alpha value is -1.06. The summed E-state index contributed by atoms with van der Waals surface area (Å²) in [6.45, 7) is 1.01. The van der Waals surface area contributed by atoms with Crippen LogP contribution in [0.15, 0.2) is 24.3 Å². The van der Waals surface area contributed by atoms with Crippen LogP contribution in [0.2, 0.25) is 0 Å². The summed E-state index contributed by atoms with van der Waals surface area (Å²) >= 11 is 0. The average Bonchev–Trinajstić information content (AvgIpc) is 2.49. The summed E-state index contributed by atoms with van der Waals surface area (Å²) in [7, 11) is 1.70. The molecular formula is C16H25NO2. The van der Waals surface area contributed by atoms with Gasteiger partial charge in [0.05, 0.1) is 7.11 Å². The van der Waals surface area contributed by atoms with Crippen molar-refractivity contribution in [2.45, 2.75) is 31.6 Å². The Labute approximate surface area is 115 Å². The summed E-state index contributed by atoms with van der Waals surface area (Å²) in [5.41, 5.74) is 7.29. The van der Waals surface area contributed by atoms with Gasteiger partial charge in [0.1, 0.15) is 5.75 Å². The van der Waals surface area contributed by atoms with E-state index in [0.29, 0.717) is 30.9 Å². The monoisotopic (exact) mass is 263 g/mol. The molecule has 1 aliphatic rings. The summed E-state index contributed by atoms with van der Waals surface area (Å²) in [5, 5.41) is 9.22. The van der Waals surface area contributed by atoms with Crippen molar-refractivity contribution in [3.63, 3.8) is 0 Å². The van der Waals surface area contributed by atoms with Crippen LogP contribution in [-0.4, -0.2) is 25.4 Å². The van der Waals surface area contributed by atoms with Crippen LogP contribution in [-0.2, 0) is 0 Å². The van der Waals surface area contributed by atoms with Crippen LogP contribution < -0.4 is 10.5 Å². The molecule has 0 amide bonds. The van der Waals surface area contributed by atoms with Crippen molar-refractivity contribution in [1.82, 2.24) is 0 Å². The summed E-state index contributed by atoms with van der Waals surface area (Å²) in [6, 6.07) is 8.27. The van der Waals surface area contributed by atoms with Crippen molar-refractivity contribution >= 4 is 0 Å². The fourth-order valence-electron chi connectivity index (χ4n) is 3.25. The maximum absolute atomic E-state index is 9.22. The molecule has 1 atom stereocenters. The molecule has 0 aliphatic heterocycles. The molecule has 3 nitrogen and oxygen atoms in total. The van der Waals surface area contributed by atoms with Gasteiger partial charge in [-0.25, -0.2) is 0 Å². The normalized spacial score (nSPS) is 25.0. The lowest BCUT2D eigenvalue weighted by molar-refractivity contribution is 0.158. The summed E-state index contributed by atoms with van der Waals surface area (Å²) in [4.78, 5) is 0. The third-order valence-electron chi connectivity index (χ3n) is 4.49. The van der Waals surface area contributed by atoms with Crippen LogP contribution in [0.1, 0.15) is 37.2 Å². The zero-order valence-corrected chi connectivity index (χ0v) is 11.7. The van der Waals surface area contributed by atoms with Crippen molar-refractivity contribution in [3.8, 4) is 5.75 Å². The fourth-order valence-corrected chi connectivity index (χ4v) is 3.25. The molecule has 0 aromatic heterocycles. The minimum atomic E-state index is 0.333. The SMILES string of the molecule is COc1cccc(C(CN)C2CCC(CO)CC2)c1. The zero-order chi connectivity index (χ0) is 13.7. The van der Waals surface area contributed by atoms with Crippen LogP contribution in [0.4, 0.5) is 0 Å². The smallest absolute Gasteiger partial charge is 0.119 e. The Balaban J connectivity index is 2.07. The van der Waals surface area contributed by atoms with E-state index in [1.54, 1.807) is 7.11 Å². The Kier molecular flexibility index (Phi) is 5.23. The molecule has 106 valence electrons. The molecule has 1 aliphatic carbocycles. The Morgan fingerprint density at radius 1 is 1.32 bits per heavy atom. The average molecular weight is 263 g/mol. The van der Waals surface area contributed by atoms with Crippen molar-refractivity contribution in [1.29, 1.82) is 0 Å². The second-order valence-corrected chi connectivity index (χ2v) is 5.58. The number of benzene rings is 1. The molecule has 0 spiro atoms. The van der Waals surface area contributed by atoms with Crippen molar-refractivity contribution in [2.75, 3.05) is 20.3 Å². The molecule has 2 rings (SSSR count). The molecule has 0 heterocycles. The molecule has 3 heteroatoms. The van der Waals surface area contributed by atoms with Gasteiger partial charge >= 0.3 is 0 Å². The molecule has 1 aromatic carbocycles. The largest absolute Gasteiger partial charge is 0.497 e. The quantitative estimate of drug-likeness (QED) is 0.858. The van der Waals surface area contributed by atoms with Crippen LogP contribution in [0.5, 0.6) is 5.75 Å². The van der Waals surface area contributed by atoms with E-state index >= 15 is 0 Å².